The lowest BCUT2D eigenvalue weighted by atomic mass is 10.1. The van der Waals surface area contributed by atoms with Crippen LogP contribution in [0.15, 0.2) is 30.5 Å². The molecule has 2 rings (SSSR count). The normalized spacial score (nSPS) is 10.1. The molecule has 0 radical (unpaired) electrons. The molecular weight excluding hydrogens is 213 g/mol. The van der Waals surface area contributed by atoms with Gasteiger partial charge in [-0.05, 0) is 12.1 Å². The highest BCUT2D eigenvalue weighted by Crippen LogP contribution is 2.18. The second-order valence-electron chi connectivity index (χ2n) is 2.95. The van der Waals surface area contributed by atoms with E-state index in [9.17, 15) is 9.18 Å². The second-order valence-corrected chi connectivity index (χ2v) is 2.95. The third kappa shape index (κ3) is 1.85. The van der Waals surface area contributed by atoms with Crippen molar-refractivity contribution in [2.24, 2.45) is 0 Å². The van der Waals surface area contributed by atoms with Gasteiger partial charge in [0.2, 0.25) is 0 Å². The Hall–Kier alpha value is -2.37. The van der Waals surface area contributed by atoms with Crippen LogP contribution in [0.3, 0.4) is 0 Å². The molecule has 6 heteroatoms. The van der Waals surface area contributed by atoms with Gasteiger partial charge in [-0.25, -0.2) is 14.2 Å². The van der Waals surface area contributed by atoms with Gasteiger partial charge < -0.3 is 5.11 Å². The number of benzene rings is 1. The summed E-state index contributed by atoms with van der Waals surface area (Å²) in [5.41, 5.74) is 0.338. The minimum Gasteiger partial charge on any atom is -0.475 e. The maximum atomic E-state index is 13.4. The molecule has 80 valence electrons. The van der Waals surface area contributed by atoms with E-state index in [1.165, 1.54) is 24.4 Å². The van der Waals surface area contributed by atoms with Crippen molar-refractivity contribution in [1.82, 2.24) is 15.2 Å². The van der Waals surface area contributed by atoms with Gasteiger partial charge in [0.15, 0.2) is 0 Å². The standard InChI is InChI=1S/C10H6FN3O2/c11-7-4-2-1-3-6(7)8-5-12-14-9(13-8)10(15)16/h1-5H,(H,15,16). The number of carboxylic acids is 1. The van der Waals surface area contributed by atoms with E-state index < -0.39 is 17.6 Å². The van der Waals surface area contributed by atoms with Crippen LogP contribution in [-0.2, 0) is 0 Å². The number of hydrogen-bond donors (Lipinski definition) is 1. The lowest BCUT2D eigenvalue weighted by molar-refractivity contribution is 0.0682. The summed E-state index contributed by atoms with van der Waals surface area (Å²) in [4.78, 5) is 14.3. The highest BCUT2D eigenvalue weighted by molar-refractivity contribution is 5.83. The van der Waals surface area contributed by atoms with Gasteiger partial charge >= 0.3 is 5.97 Å². The molecule has 0 amide bonds. The van der Waals surface area contributed by atoms with E-state index in [-0.39, 0.29) is 11.3 Å². The molecule has 0 atom stereocenters. The number of aromatic carboxylic acids is 1. The fraction of sp³-hybridized carbons (Fsp3) is 0. The van der Waals surface area contributed by atoms with Crippen molar-refractivity contribution in [3.05, 3.63) is 42.1 Å². The highest BCUT2D eigenvalue weighted by Gasteiger charge is 2.11. The third-order valence-electron chi connectivity index (χ3n) is 1.90. The third-order valence-corrected chi connectivity index (χ3v) is 1.90. The van der Waals surface area contributed by atoms with Crippen LogP contribution < -0.4 is 0 Å². The van der Waals surface area contributed by atoms with Crippen molar-refractivity contribution < 1.29 is 14.3 Å². The molecule has 16 heavy (non-hydrogen) atoms. The molecule has 1 aromatic heterocycles. The van der Waals surface area contributed by atoms with Crippen molar-refractivity contribution in [2.75, 3.05) is 0 Å². The van der Waals surface area contributed by atoms with E-state index >= 15 is 0 Å². The van der Waals surface area contributed by atoms with Gasteiger partial charge in [0.25, 0.3) is 5.82 Å². The zero-order valence-corrected chi connectivity index (χ0v) is 7.96. The molecule has 1 N–H and O–H groups in total. The quantitative estimate of drug-likeness (QED) is 0.825. The first-order valence-corrected chi connectivity index (χ1v) is 4.36. The van der Waals surface area contributed by atoms with Gasteiger partial charge in [-0.1, -0.05) is 12.1 Å². The molecule has 1 aromatic carbocycles. The summed E-state index contributed by atoms with van der Waals surface area (Å²) >= 11 is 0. The van der Waals surface area contributed by atoms with Crippen LogP contribution in [-0.4, -0.2) is 26.3 Å². The van der Waals surface area contributed by atoms with Crippen LogP contribution >= 0.6 is 0 Å². The Labute approximate surface area is 89.6 Å². The summed E-state index contributed by atoms with van der Waals surface area (Å²) in [5.74, 6) is -2.24. The Kier molecular flexibility index (Phi) is 2.55. The first-order valence-electron chi connectivity index (χ1n) is 4.36. The SMILES string of the molecule is O=C(O)c1nncc(-c2ccccc2F)n1. The van der Waals surface area contributed by atoms with Crippen molar-refractivity contribution in [3.63, 3.8) is 0 Å². The van der Waals surface area contributed by atoms with Crippen LogP contribution in [0.25, 0.3) is 11.3 Å². The van der Waals surface area contributed by atoms with Crippen LogP contribution in [0.4, 0.5) is 4.39 Å². The molecule has 0 aliphatic heterocycles. The van der Waals surface area contributed by atoms with Crippen molar-refractivity contribution >= 4 is 5.97 Å². The molecular formula is C10H6FN3O2. The largest absolute Gasteiger partial charge is 0.475 e. The van der Waals surface area contributed by atoms with Crippen LogP contribution in [0, 0.1) is 5.82 Å². The van der Waals surface area contributed by atoms with Gasteiger partial charge in [0.1, 0.15) is 5.82 Å². The monoisotopic (exact) mass is 219 g/mol. The first-order chi connectivity index (χ1) is 7.68. The summed E-state index contributed by atoms with van der Waals surface area (Å²) in [5, 5.41) is 15.4. The van der Waals surface area contributed by atoms with E-state index in [0.717, 1.165) is 0 Å². The van der Waals surface area contributed by atoms with Crippen molar-refractivity contribution in [1.29, 1.82) is 0 Å². The van der Waals surface area contributed by atoms with Gasteiger partial charge in [0.05, 0.1) is 11.9 Å². The Bertz CT molecular complexity index is 545. The number of carbonyl (C=O) groups is 1. The fourth-order valence-electron chi connectivity index (χ4n) is 1.19. The smallest absolute Gasteiger partial charge is 0.375 e. The first kappa shape index (κ1) is 10.2. The van der Waals surface area contributed by atoms with Gasteiger partial charge in [0, 0.05) is 5.56 Å². The van der Waals surface area contributed by atoms with Crippen LogP contribution in [0.5, 0.6) is 0 Å². The second kappa shape index (κ2) is 4.01. The molecule has 1 heterocycles. The molecule has 0 fully saturated rings. The summed E-state index contributed by atoms with van der Waals surface area (Å²) < 4.78 is 13.4. The molecule has 0 saturated carbocycles. The topological polar surface area (TPSA) is 76.0 Å². The Balaban J connectivity index is 2.53. The van der Waals surface area contributed by atoms with Crippen LogP contribution in [0.2, 0.25) is 0 Å². The number of halogens is 1. The van der Waals surface area contributed by atoms with Crippen molar-refractivity contribution in [2.45, 2.75) is 0 Å². The lowest BCUT2D eigenvalue weighted by Gasteiger charge is -2.01. The predicted octanol–water partition coefficient (Wildman–Crippen LogP) is 1.38. The molecule has 5 nitrogen and oxygen atoms in total. The fourth-order valence-corrected chi connectivity index (χ4v) is 1.19. The summed E-state index contributed by atoms with van der Waals surface area (Å²) in [6, 6.07) is 5.91. The minimum absolute atomic E-state index is 0.144. The average Bonchev–Trinajstić information content (AvgIpc) is 2.30. The molecule has 0 spiro atoms. The van der Waals surface area contributed by atoms with Crippen LogP contribution in [0.1, 0.15) is 10.6 Å². The van der Waals surface area contributed by atoms with E-state index in [1.54, 1.807) is 6.07 Å². The Morgan fingerprint density at radius 2 is 2.06 bits per heavy atom. The number of hydrogen-bond acceptors (Lipinski definition) is 4. The van der Waals surface area contributed by atoms with E-state index in [4.69, 9.17) is 5.11 Å². The zero-order valence-electron chi connectivity index (χ0n) is 7.96. The van der Waals surface area contributed by atoms with Crippen molar-refractivity contribution in [3.8, 4) is 11.3 Å². The highest BCUT2D eigenvalue weighted by atomic mass is 19.1. The minimum atomic E-state index is -1.30. The lowest BCUT2D eigenvalue weighted by Crippen LogP contribution is -2.06. The summed E-state index contributed by atoms with van der Waals surface area (Å²) in [7, 11) is 0. The average molecular weight is 219 g/mol. The van der Waals surface area contributed by atoms with Gasteiger partial charge in [-0.15, -0.1) is 5.10 Å². The number of rotatable bonds is 2. The number of aromatic nitrogens is 3. The maximum Gasteiger partial charge on any atom is 0.375 e. The zero-order chi connectivity index (χ0) is 11.5. The Morgan fingerprint density at radius 3 is 2.75 bits per heavy atom. The molecule has 0 aliphatic rings. The van der Waals surface area contributed by atoms with E-state index in [0.29, 0.717) is 0 Å². The number of carboxylic acid groups (broad SMARTS) is 1. The molecule has 2 aromatic rings. The van der Waals surface area contributed by atoms with Gasteiger partial charge in [-0.3, -0.25) is 0 Å². The molecule has 0 unspecified atom stereocenters. The predicted molar refractivity (Wildman–Crippen MR) is 52.2 cm³/mol. The molecule has 0 bridgehead atoms. The van der Waals surface area contributed by atoms with Gasteiger partial charge in [-0.2, -0.15) is 5.10 Å². The molecule has 0 aliphatic carbocycles. The summed E-state index contributed by atoms with van der Waals surface area (Å²) in [6.45, 7) is 0. The number of nitrogens with zero attached hydrogens (tertiary/aromatic N) is 3. The van der Waals surface area contributed by atoms with E-state index in [2.05, 4.69) is 15.2 Å². The maximum absolute atomic E-state index is 13.4. The Morgan fingerprint density at radius 1 is 1.31 bits per heavy atom. The summed E-state index contributed by atoms with van der Waals surface area (Å²) in [6.07, 6.45) is 1.21. The van der Waals surface area contributed by atoms with E-state index in [1.807, 2.05) is 0 Å². The molecule has 0 saturated heterocycles.